The highest BCUT2D eigenvalue weighted by Gasteiger charge is 2.42. The van der Waals surface area contributed by atoms with Gasteiger partial charge in [-0.2, -0.15) is 0 Å². The van der Waals surface area contributed by atoms with Crippen LogP contribution >= 0.6 is 0 Å². The predicted molar refractivity (Wildman–Crippen MR) is 83.6 cm³/mol. The van der Waals surface area contributed by atoms with Gasteiger partial charge >= 0.3 is 5.97 Å². The molecule has 1 saturated carbocycles. The number of nitrogens with zero attached hydrogens (tertiary/aromatic N) is 2. The quantitative estimate of drug-likeness (QED) is 0.854. The summed E-state index contributed by atoms with van der Waals surface area (Å²) in [6, 6.07) is 0.375. The van der Waals surface area contributed by atoms with Crippen molar-refractivity contribution in [2.75, 3.05) is 13.1 Å². The molecule has 128 valence electrons. The van der Waals surface area contributed by atoms with E-state index in [4.69, 9.17) is 0 Å². The third-order valence-electron chi connectivity index (χ3n) is 5.79. The molecule has 3 unspecified atom stereocenters. The van der Waals surface area contributed by atoms with E-state index in [1.807, 2.05) is 11.8 Å². The zero-order chi connectivity index (χ0) is 16.6. The van der Waals surface area contributed by atoms with Crippen molar-refractivity contribution in [1.29, 1.82) is 0 Å². The van der Waals surface area contributed by atoms with Gasteiger partial charge in [-0.25, -0.2) is 0 Å². The molecule has 0 bridgehead atoms. The van der Waals surface area contributed by atoms with Gasteiger partial charge in [0.05, 0.1) is 11.8 Å². The number of rotatable bonds is 3. The van der Waals surface area contributed by atoms with Crippen LogP contribution in [0, 0.1) is 11.8 Å². The van der Waals surface area contributed by atoms with E-state index in [0.29, 0.717) is 19.0 Å². The van der Waals surface area contributed by atoms with Crippen LogP contribution in [0.4, 0.5) is 0 Å². The number of carbonyl (C=O) groups excluding carboxylic acids is 2. The molecule has 3 atom stereocenters. The summed E-state index contributed by atoms with van der Waals surface area (Å²) in [4.78, 5) is 39.9. The Bertz CT molecular complexity index is 501. The van der Waals surface area contributed by atoms with Crippen LogP contribution in [-0.2, 0) is 14.4 Å². The normalized spacial score (nSPS) is 32.6. The van der Waals surface area contributed by atoms with Crippen LogP contribution in [0.25, 0.3) is 0 Å². The van der Waals surface area contributed by atoms with Gasteiger partial charge in [0.25, 0.3) is 0 Å². The Hall–Kier alpha value is -1.59. The number of piperidine rings is 1. The SMILES string of the molecule is CC1CCC(C(=O)O)CN1C(=O)C1CC(=O)N(C2CCCC2)C1. The minimum absolute atomic E-state index is 0.0303. The summed E-state index contributed by atoms with van der Waals surface area (Å²) >= 11 is 0. The van der Waals surface area contributed by atoms with Crippen molar-refractivity contribution in [2.24, 2.45) is 11.8 Å². The van der Waals surface area contributed by atoms with Crippen LogP contribution in [0.3, 0.4) is 0 Å². The van der Waals surface area contributed by atoms with E-state index in [9.17, 15) is 19.5 Å². The van der Waals surface area contributed by atoms with Gasteiger partial charge in [-0.05, 0) is 32.6 Å². The van der Waals surface area contributed by atoms with Gasteiger partial charge in [0.2, 0.25) is 11.8 Å². The Labute approximate surface area is 136 Å². The molecule has 23 heavy (non-hydrogen) atoms. The molecule has 0 aromatic rings. The Kier molecular flexibility index (Phi) is 4.60. The standard InChI is InChI=1S/C17H26N2O4/c1-11-6-7-12(17(22)23)9-18(11)16(21)13-8-15(20)19(10-13)14-4-2-3-5-14/h11-14H,2-10H2,1H3,(H,22,23). The van der Waals surface area contributed by atoms with Gasteiger partial charge in [-0.1, -0.05) is 12.8 Å². The summed E-state index contributed by atoms with van der Waals surface area (Å²) < 4.78 is 0. The lowest BCUT2D eigenvalue weighted by atomic mass is 9.92. The molecule has 0 radical (unpaired) electrons. The van der Waals surface area contributed by atoms with Gasteiger partial charge in [0.1, 0.15) is 0 Å². The molecule has 2 aliphatic heterocycles. The lowest BCUT2D eigenvalue weighted by molar-refractivity contribution is -0.148. The van der Waals surface area contributed by atoms with Crippen LogP contribution in [0.5, 0.6) is 0 Å². The minimum Gasteiger partial charge on any atom is -0.481 e. The van der Waals surface area contributed by atoms with Gasteiger partial charge in [0, 0.05) is 31.6 Å². The highest BCUT2D eigenvalue weighted by molar-refractivity contribution is 5.90. The molecule has 3 fully saturated rings. The van der Waals surface area contributed by atoms with Crippen LogP contribution in [-0.4, -0.2) is 57.9 Å². The summed E-state index contributed by atoms with van der Waals surface area (Å²) in [5.74, 6) is -1.53. The van der Waals surface area contributed by atoms with Gasteiger partial charge in [-0.15, -0.1) is 0 Å². The number of aliphatic carboxylic acids is 1. The fraction of sp³-hybridized carbons (Fsp3) is 0.824. The molecule has 1 N–H and O–H groups in total. The smallest absolute Gasteiger partial charge is 0.308 e. The van der Waals surface area contributed by atoms with E-state index in [0.717, 1.165) is 32.1 Å². The van der Waals surface area contributed by atoms with Gasteiger partial charge in [-0.3, -0.25) is 14.4 Å². The summed E-state index contributed by atoms with van der Waals surface area (Å²) in [6.07, 6.45) is 6.05. The van der Waals surface area contributed by atoms with Crippen molar-refractivity contribution in [2.45, 2.75) is 64.0 Å². The molecule has 0 aromatic carbocycles. The van der Waals surface area contributed by atoms with E-state index in [-0.39, 0.29) is 36.7 Å². The molecule has 2 saturated heterocycles. The van der Waals surface area contributed by atoms with E-state index in [2.05, 4.69) is 0 Å². The van der Waals surface area contributed by atoms with Gasteiger partial charge < -0.3 is 14.9 Å². The van der Waals surface area contributed by atoms with Crippen molar-refractivity contribution in [3.05, 3.63) is 0 Å². The van der Waals surface area contributed by atoms with E-state index in [1.54, 1.807) is 4.90 Å². The molecule has 6 heteroatoms. The summed E-state index contributed by atoms with van der Waals surface area (Å²) in [6.45, 7) is 2.77. The van der Waals surface area contributed by atoms with Crippen molar-refractivity contribution in [3.8, 4) is 0 Å². The Morgan fingerprint density at radius 1 is 1.04 bits per heavy atom. The first kappa shape index (κ1) is 16.3. The highest BCUT2D eigenvalue weighted by atomic mass is 16.4. The molecule has 3 rings (SSSR count). The summed E-state index contributed by atoms with van der Waals surface area (Å²) in [5.41, 5.74) is 0. The maximum atomic E-state index is 12.8. The van der Waals surface area contributed by atoms with Gasteiger partial charge in [0.15, 0.2) is 0 Å². The summed E-state index contributed by atoms with van der Waals surface area (Å²) in [5, 5.41) is 9.22. The predicted octanol–water partition coefficient (Wildman–Crippen LogP) is 1.49. The second-order valence-electron chi connectivity index (χ2n) is 7.34. The lowest BCUT2D eigenvalue weighted by Crippen LogP contribution is -2.50. The zero-order valence-electron chi connectivity index (χ0n) is 13.7. The number of hydrogen-bond acceptors (Lipinski definition) is 3. The monoisotopic (exact) mass is 322 g/mol. The Morgan fingerprint density at radius 2 is 1.74 bits per heavy atom. The number of likely N-dealkylation sites (tertiary alicyclic amines) is 2. The minimum atomic E-state index is -0.829. The number of carboxylic acid groups (broad SMARTS) is 1. The number of hydrogen-bond donors (Lipinski definition) is 1. The van der Waals surface area contributed by atoms with Crippen molar-refractivity contribution < 1.29 is 19.5 Å². The average molecular weight is 322 g/mol. The van der Waals surface area contributed by atoms with E-state index < -0.39 is 11.9 Å². The van der Waals surface area contributed by atoms with Crippen LogP contribution < -0.4 is 0 Å². The zero-order valence-corrected chi connectivity index (χ0v) is 13.7. The molecular weight excluding hydrogens is 296 g/mol. The van der Waals surface area contributed by atoms with E-state index >= 15 is 0 Å². The van der Waals surface area contributed by atoms with Crippen molar-refractivity contribution in [1.82, 2.24) is 9.80 Å². The highest BCUT2D eigenvalue weighted by Crippen LogP contribution is 2.32. The van der Waals surface area contributed by atoms with Crippen LogP contribution in [0.15, 0.2) is 0 Å². The maximum absolute atomic E-state index is 12.8. The molecule has 1 aliphatic carbocycles. The third kappa shape index (κ3) is 3.21. The number of amides is 2. The third-order valence-corrected chi connectivity index (χ3v) is 5.79. The molecule has 2 heterocycles. The van der Waals surface area contributed by atoms with Crippen molar-refractivity contribution >= 4 is 17.8 Å². The number of carboxylic acids is 1. The molecule has 0 spiro atoms. The second kappa shape index (κ2) is 6.49. The average Bonchev–Trinajstić information content (AvgIpc) is 3.15. The second-order valence-corrected chi connectivity index (χ2v) is 7.34. The topological polar surface area (TPSA) is 77.9 Å². The lowest BCUT2D eigenvalue weighted by Gasteiger charge is -2.38. The largest absolute Gasteiger partial charge is 0.481 e. The Balaban J connectivity index is 1.65. The van der Waals surface area contributed by atoms with Crippen LogP contribution in [0.2, 0.25) is 0 Å². The first-order valence-corrected chi connectivity index (χ1v) is 8.80. The van der Waals surface area contributed by atoms with Crippen molar-refractivity contribution in [3.63, 3.8) is 0 Å². The summed E-state index contributed by atoms with van der Waals surface area (Å²) in [7, 11) is 0. The molecular formula is C17H26N2O4. The number of carbonyl (C=O) groups is 3. The van der Waals surface area contributed by atoms with Crippen LogP contribution in [0.1, 0.15) is 51.9 Å². The first-order chi connectivity index (χ1) is 11.0. The first-order valence-electron chi connectivity index (χ1n) is 8.80. The molecule has 3 aliphatic rings. The van der Waals surface area contributed by atoms with E-state index in [1.165, 1.54) is 0 Å². The fourth-order valence-electron chi connectivity index (χ4n) is 4.32. The molecule has 0 aromatic heterocycles. The molecule has 2 amide bonds. The molecule has 6 nitrogen and oxygen atoms in total. The maximum Gasteiger partial charge on any atom is 0.308 e. The Morgan fingerprint density at radius 3 is 2.39 bits per heavy atom. The fourth-order valence-corrected chi connectivity index (χ4v) is 4.32.